The number of carbonyl (C=O) groups excluding carboxylic acids is 2. The molecule has 0 saturated heterocycles. The van der Waals surface area contributed by atoms with Crippen molar-refractivity contribution in [3.8, 4) is 5.75 Å². The Labute approximate surface area is 172 Å². The Morgan fingerprint density at radius 1 is 0.867 bits per heavy atom. The molecule has 0 bridgehead atoms. The molecule has 5 nitrogen and oxygen atoms in total. The lowest BCUT2D eigenvalue weighted by Crippen LogP contribution is -2.21. The van der Waals surface area contributed by atoms with E-state index in [1.54, 1.807) is 12.1 Å². The van der Waals surface area contributed by atoms with E-state index in [1.165, 1.54) is 24.3 Å². The van der Waals surface area contributed by atoms with Gasteiger partial charge in [-0.2, -0.15) is 8.78 Å². The Morgan fingerprint density at radius 3 is 2.23 bits per heavy atom. The highest BCUT2D eigenvalue weighted by atomic mass is 19.3. The highest BCUT2D eigenvalue weighted by Gasteiger charge is 2.13. The Bertz CT molecular complexity index is 992. The first-order valence-corrected chi connectivity index (χ1v) is 9.15. The lowest BCUT2D eigenvalue weighted by Gasteiger charge is -2.12. The van der Waals surface area contributed by atoms with Crippen molar-refractivity contribution in [2.75, 3.05) is 11.9 Å². The summed E-state index contributed by atoms with van der Waals surface area (Å²) in [6.45, 7) is -3.43. The van der Waals surface area contributed by atoms with Crippen LogP contribution >= 0.6 is 0 Å². The number of anilines is 1. The molecule has 0 aliphatic rings. The summed E-state index contributed by atoms with van der Waals surface area (Å²) >= 11 is 0. The molecule has 0 saturated carbocycles. The molecule has 3 rings (SSSR count). The van der Waals surface area contributed by atoms with Gasteiger partial charge in [-0.15, -0.1) is 0 Å². The van der Waals surface area contributed by atoms with Crippen molar-refractivity contribution < 1.29 is 27.8 Å². The standard InChI is InChI=1S/C23H19F2NO4/c24-23(25)30-19-12-10-17(11-13-19)22(28)29-15-21(27)26-20-9-5-4-8-18(20)14-16-6-2-1-3-7-16/h1-13,23H,14-15H2,(H,26,27). The molecular formula is C23H19F2NO4. The van der Waals surface area contributed by atoms with E-state index in [2.05, 4.69) is 10.1 Å². The molecule has 0 aliphatic heterocycles. The highest BCUT2D eigenvalue weighted by molar-refractivity contribution is 5.96. The average molecular weight is 411 g/mol. The summed E-state index contributed by atoms with van der Waals surface area (Å²) in [7, 11) is 0. The minimum absolute atomic E-state index is 0.0747. The van der Waals surface area contributed by atoms with Gasteiger partial charge in [0.1, 0.15) is 5.75 Å². The average Bonchev–Trinajstić information content (AvgIpc) is 2.74. The first kappa shape index (κ1) is 21.0. The van der Waals surface area contributed by atoms with Crippen molar-refractivity contribution in [1.82, 2.24) is 0 Å². The first-order valence-electron chi connectivity index (χ1n) is 9.15. The normalized spacial score (nSPS) is 10.5. The van der Waals surface area contributed by atoms with Crippen LogP contribution in [-0.4, -0.2) is 25.1 Å². The van der Waals surface area contributed by atoms with Crippen LogP contribution in [0, 0.1) is 0 Å². The molecule has 30 heavy (non-hydrogen) atoms. The monoisotopic (exact) mass is 411 g/mol. The van der Waals surface area contributed by atoms with Crippen LogP contribution in [0.4, 0.5) is 14.5 Å². The molecule has 0 unspecified atom stereocenters. The third kappa shape index (κ3) is 6.13. The minimum atomic E-state index is -2.95. The zero-order chi connectivity index (χ0) is 21.3. The Balaban J connectivity index is 1.55. The van der Waals surface area contributed by atoms with E-state index in [0.717, 1.165) is 11.1 Å². The van der Waals surface area contributed by atoms with Gasteiger partial charge in [0.2, 0.25) is 0 Å². The molecule has 0 heterocycles. The van der Waals surface area contributed by atoms with Crippen LogP contribution in [0.3, 0.4) is 0 Å². The fourth-order valence-corrected chi connectivity index (χ4v) is 2.79. The van der Waals surface area contributed by atoms with E-state index in [9.17, 15) is 18.4 Å². The van der Waals surface area contributed by atoms with E-state index in [4.69, 9.17) is 4.74 Å². The Hall–Kier alpha value is -3.74. The summed E-state index contributed by atoms with van der Waals surface area (Å²) in [5.74, 6) is -1.30. The zero-order valence-corrected chi connectivity index (χ0v) is 15.9. The van der Waals surface area contributed by atoms with Gasteiger partial charge in [-0.25, -0.2) is 4.79 Å². The number of ether oxygens (including phenoxy) is 2. The number of hydrogen-bond acceptors (Lipinski definition) is 4. The summed E-state index contributed by atoms with van der Waals surface area (Å²) in [4.78, 5) is 24.3. The fraction of sp³-hybridized carbons (Fsp3) is 0.130. The van der Waals surface area contributed by atoms with Crippen molar-refractivity contribution in [1.29, 1.82) is 0 Å². The number of amides is 1. The highest BCUT2D eigenvalue weighted by Crippen LogP contribution is 2.19. The zero-order valence-electron chi connectivity index (χ0n) is 15.9. The molecule has 7 heteroatoms. The van der Waals surface area contributed by atoms with Crippen LogP contribution in [0.2, 0.25) is 0 Å². The third-order valence-corrected chi connectivity index (χ3v) is 4.18. The van der Waals surface area contributed by atoms with Gasteiger partial charge in [0.05, 0.1) is 5.56 Å². The largest absolute Gasteiger partial charge is 0.452 e. The van der Waals surface area contributed by atoms with Crippen LogP contribution in [0.1, 0.15) is 21.5 Å². The van der Waals surface area contributed by atoms with Crippen LogP contribution in [0.15, 0.2) is 78.9 Å². The van der Waals surface area contributed by atoms with Gasteiger partial charge in [-0.3, -0.25) is 4.79 Å². The predicted molar refractivity (Wildman–Crippen MR) is 108 cm³/mol. The molecule has 0 radical (unpaired) electrons. The second-order valence-corrected chi connectivity index (χ2v) is 6.35. The van der Waals surface area contributed by atoms with E-state index in [1.807, 2.05) is 42.5 Å². The van der Waals surface area contributed by atoms with E-state index in [0.29, 0.717) is 12.1 Å². The quantitative estimate of drug-likeness (QED) is 0.547. The number of alkyl halides is 2. The van der Waals surface area contributed by atoms with Crippen LogP contribution < -0.4 is 10.1 Å². The molecule has 0 aromatic heterocycles. The molecule has 0 aliphatic carbocycles. The summed E-state index contributed by atoms with van der Waals surface area (Å²) in [5.41, 5.74) is 2.78. The molecule has 1 amide bonds. The van der Waals surface area contributed by atoms with Crippen molar-refractivity contribution in [3.63, 3.8) is 0 Å². The van der Waals surface area contributed by atoms with Gasteiger partial charge >= 0.3 is 12.6 Å². The van der Waals surface area contributed by atoms with Crippen molar-refractivity contribution in [3.05, 3.63) is 95.6 Å². The topological polar surface area (TPSA) is 64.6 Å². The lowest BCUT2D eigenvalue weighted by atomic mass is 10.0. The SMILES string of the molecule is O=C(COC(=O)c1ccc(OC(F)F)cc1)Nc1ccccc1Cc1ccccc1. The Morgan fingerprint density at radius 2 is 1.53 bits per heavy atom. The fourth-order valence-electron chi connectivity index (χ4n) is 2.79. The van der Waals surface area contributed by atoms with Gasteiger partial charge < -0.3 is 14.8 Å². The van der Waals surface area contributed by atoms with E-state index in [-0.39, 0.29) is 11.3 Å². The number of para-hydroxylation sites is 1. The minimum Gasteiger partial charge on any atom is -0.452 e. The number of carbonyl (C=O) groups is 2. The van der Waals surface area contributed by atoms with Crippen LogP contribution in [-0.2, 0) is 16.0 Å². The number of hydrogen-bond donors (Lipinski definition) is 1. The smallest absolute Gasteiger partial charge is 0.387 e. The van der Waals surface area contributed by atoms with Gasteiger partial charge in [0.15, 0.2) is 6.61 Å². The maximum atomic E-state index is 12.2. The van der Waals surface area contributed by atoms with Gasteiger partial charge in [0, 0.05) is 5.69 Å². The van der Waals surface area contributed by atoms with Crippen molar-refractivity contribution in [2.24, 2.45) is 0 Å². The summed E-state index contributed by atoms with van der Waals surface area (Å²) in [6.07, 6.45) is 0.643. The molecule has 0 spiro atoms. The van der Waals surface area contributed by atoms with Gasteiger partial charge in [-0.05, 0) is 47.9 Å². The maximum Gasteiger partial charge on any atom is 0.387 e. The predicted octanol–water partition coefficient (Wildman–Crippen LogP) is 4.67. The summed E-state index contributed by atoms with van der Waals surface area (Å²) in [6, 6.07) is 22.2. The van der Waals surface area contributed by atoms with Crippen molar-refractivity contribution >= 4 is 17.6 Å². The van der Waals surface area contributed by atoms with Crippen LogP contribution in [0.25, 0.3) is 0 Å². The number of halogens is 2. The molecule has 3 aromatic rings. The summed E-state index contributed by atoms with van der Waals surface area (Å²) in [5, 5.41) is 2.75. The number of rotatable bonds is 8. The molecule has 1 N–H and O–H groups in total. The number of nitrogens with one attached hydrogen (secondary N) is 1. The molecule has 0 atom stereocenters. The first-order chi connectivity index (χ1) is 14.5. The van der Waals surface area contributed by atoms with E-state index < -0.39 is 25.1 Å². The second-order valence-electron chi connectivity index (χ2n) is 6.35. The van der Waals surface area contributed by atoms with Gasteiger partial charge in [0.25, 0.3) is 5.91 Å². The molecular weight excluding hydrogens is 392 g/mol. The van der Waals surface area contributed by atoms with Gasteiger partial charge in [-0.1, -0.05) is 48.5 Å². The third-order valence-electron chi connectivity index (χ3n) is 4.18. The molecule has 0 fully saturated rings. The lowest BCUT2D eigenvalue weighted by molar-refractivity contribution is -0.119. The molecule has 3 aromatic carbocycles. The number of esters is 1. The molecule has 154 valence electrons. The Kier molecular flexibility index (Phi) is 7.10. The van der Waals surface area contributed by atoms with Crippen LogP contribution in [0.5, 0.6) is 5.75 Å². The van der Waals surface area contributed by atoms with E-state index >= 15 is 0 Å². The summed E-state index contributed by atoms with van der Waals surface area (Å²) < 4.78 is 33.5. The maximum absolute atomic E-state index is 12.2. The van der Waals surface area contributed by atoms with Crippen molar-refractivity contribution in [2.45, 2.75) is 13.0 Å². The number of benzene rings is 3. The second kappa shape index (κ2) is 10.2.